The van der Waals surface area contributed by atoms with Crippen LogP contribution >= 0.6 is 35.0 Å². The number of carbonyl (C=O) groups is 1. The number of carboxylic acids is 1. The molecule has 0 saturated carbocycles. The standard InChI is InChI=1S/C9H8Cl2O2S/c1-5-2-6(10)3-7(9(5)11)14-4-8(12)13/h2-3H,4H2,1H3,(H,12,13)/p-1. The number of hydrogen-bond acceptors (Lipinski definition) is 3. The normalized spacial score (nSPS) is 10.2. The summed E-state index contributed by atoms with van der Waals surface area (Å²) >= 11 is 12.9. The smallest absolute Gasteiger partial charge is 0.0572 e. The molecule has 0 bridgehead atoms. The van der Waals surface area contributed by atoms with Crippen molar-refractivity contribution >= 4 is 40.9 Å². The molecule has 0 amide bonds. The second-order valence-corrected chi connectivity index (χ2v) is 4.53. The van der Waals surface area contributed by atoms with Crippen LogP contribution in [0.25, 0.3) is 0 Å². The molecule has 0 radical (unpaired) electrons. The van der Waals surface area contributed by atoms with Crippen LogP contribution in [-0.4, -0.2) is 11.7 Å². The van der Waals surface area contributed by atoms with Gasteiger partial charge in [0.25, 0.3) is 0 Å². The van der Waals surface area contributed by atoms with Crippen molar-refractivity contribution in [3.05, 3.63) is 27.7 Å². The molecule has 0 atom stereocenters. The zero-order valence-electron chi connectivity index (χ0n) is 7.34. The van der Waals surface area contributed by atoms with Gasteiger partial charge >= 0.3 is 0 Å². The Morgan fingerprint density at radius 1 is 1.50 bits per heavy atom. The first kappa shape index (κ1) is 11.7. The van der Waals surface area contributed by atoms with Crippen molar-refractivity contribution in [1.29, 1.82) is 0 Å². The Labute approximate surface area is 96.2 Å². The Balaban J connectivity index is 2.90. The van der Waals surface area contributed by atoms with E-state index in [9.17, 15) is 9.90 Å². The fourth-order valence-electron chi connectivity index (χ4n) is 0.936. The Morgan fingerprint density at radius 3 is 2.71 bits per heavy atom. The van der Waals surface area contributed by atoms with E-state index >= 15 is 0 Å². The molecule has 0 aliphatic rings. The van der Waals surface area contributed by atoms with Crippen molar-refractivity contribution in [1.82, 2.24) is 0 Å². The molecule has 0 heterocycles. The van der Waals surface area contributed by atoms with Crippen molar-refractivity contribution in [2.24, 2.45) is 0 Å². The average molecular weight is 250 g/mol. The number of thioether (sulfide) groups is 1. The van der Waals surface area contributed by atoms with E-state index in [1.54, 1.807) is 12.1 Å². The van der Waals surface area contributed by atoms with Crippen molar-refractivity contribution in [2.45, 2.75) is 11.8 Å². The second kappa shape index (κ2) is 4.91. The van der Waals surface area contributed by atoms with E-state index in [-0.39, 0.29) is 5.75 Å². The van der Waals surface area contributed by atoms with Gasteiger partial charge in [-0.2, -0.15) is 0 Å². The molecule has 0 N–H and O–H groups in total. The largest absolute Gasteiger partial charge is 0.549 e. The number of hydrogen-bond donors (Lipinski definition) is 0. The number of carbonyl (C=O) groups excluding carboxylic acids is 1. The molecule has 0 aliphatic heterocycles. The highest BCUT2D eigenvalue weighted by Gasteiger charge is 2.05. The van der Waals surface area contributed by atoms with E-state index in [0.29, 0.717) is 14.9 Å². The summed E-state index contributed by atoms with van der Waals surface area (Å²) in [6.07, 6.45) is 0. The zero-order valence-corrected chi connectivity index (χ0v) is 9.67. The highest BCUT2D eigenvalue weighted by molar-refractivity contribution is 8.00. The summed E-state index contributed by atoms with van der Waals surface area (Å²) < 4.78 is 0. The van der Waals surface area contributed by atoms with E-state index < -0.39 is 5.97 Å². The molecule has 1 aromatic rings. The Hall–Kier alpha value is -0.380. The zero-order chi connectivity index (χ0) is 10.7. The summed E-state index contributed by atoms with van der Waals surface area (Å²) in [6, 6.07) is 3.37. The van der Waals surface area contributed by atoms with Gasteiger partial charge in [-0.15, -0.1) is 11.8 Å². The third-order valence-electron chi connectivity index (χ3n) is 1.53. The molecule has 1 aromatic carbocycles. The molecule has 2 nitrogen and oxygen atoms in total. The third-order valence-corrected chi connectivity index (χ3v) is 3.38. The van der Waals surface area contributed by atoms with Gasteiger partial charge in [0.1, 0.15) is 0 Å². The first-order valence-electron chi connectivity index (χ1n) is 3.79. The van der Waals surface area contributed by atoms with Gasteiger partial charge < -0.3 is 9.90 Å². The SMILES string of the molecule is Cc1cc(Cl)cc(SCC(=O)[O-])c1Cl. The van der Waals surface area contributed by atoms with Crippen LogP contribution in [0, 0.1) is 6.92 Å². The van der Waals surface area contributed by atoms with Gasteiger partial charge in [-0.25, -0.2) is 0 Å². The first-order chi connectivity index (χ1) is 6.50. The van der Waals surface area contributed by atoms with Crippen LogP contribution in [0.4, 0.5) is 0 Å². The fraction of sp³-hybridized carbons (Fsp3) is 0.222. The lowest BCUT2D eigenvalue weighted by Crippen LogP contribution is -2.24. The lowest BCUT2D eigenvalue weighted by Gasteiger charge is -2.07. The molecule has 1 rings (SSSR count). The van der Waals surface area contributed by atoms with E-state index in [1.807, 2.05) is 6.92 Å². The minimum Gasteiger partial charge on any atom is -0.549 e. The number of rotatable bonds is 3. The van der Waals surface area contributed by atoms with E-state index in [1.165, 1.54) is 0 Å². The minimum atomic E-state index is -1.12. The number of aryl methyl sites for hydroxylation is 1. The van der Waals surface area contributed by atoms with Crippen molar-refractivity contribution in [2.75, 3.05) is 5.75 Å². The monoisotopic (exact) mass is 249 g/mol. The van der Waals surface area contributed by atoms with Gasteiger partial charge in [-0.3, -0.25) is 0 Å². The summed E-state index contributed by atoms with van der Waals surface area (Å²) in [6.45, 7) is 1.82. The summed E-state index contributed by atoms with van der Waals surface area (Å²) in [5.41, 5.74) is 0.833. The molecule has 0 aliphatic carbocycles. The molecular weight excluding hydrogens is 243 g/mol. The minimum absolute atomic E-state index is 0.125. The van der Waals surface area contributed by atoms with Crippen LogP contribution in [0.15, 0.2) is 17.0 Å². The van der Waals surface area contributed by atoms with Crippen LogP contribution in [0.2, 0.25) is 10.0 Å². The van der Waals surface area contributed by atoms with Crippen LogP contribution in [0.3, 0.4) is 0 Å². The topological polar surface area (TPSA) is 40.1 Å². The maximum Gasteiger partial charge on any atom is 0.0572 e. The number of benzene rings is 1. The van der Waals surface area contributed by atoms with Gasteiger partial charge in [-0.1, -0.05) is 23.2 Å². The summed E-state index contributed by atoms with van der Waals surface area (Å²) in [7, 11) is 0. The highest BCUT2D eigenvalue weighted by Crippen LogP contribution is 2.32. The Kier molecular flexibility index (Phi) is 4.11. The molecule has 0 spiro atoms. The molecule has 0 unspecified atom stereocenters. The van der Waals surface area contributed by atoms with Crippen LogP contribution < -0.4 is 5.11 Å². The Bertz CT molecular complexity index is 366. The van der Waals surface area contributed by atoms with Gasteiger partial charge in [0.05, 0.1) is 11.0 Å². The Morgan fingerprint density at radius 2 is 2.14 bits per heavy atom. The van der Waals surface area contributed by atoms with Crippen LogP contribution in [-0.2, 0) is 4.79 Å². The predicted molar refractivity (Wildman–Crippen MR) is 56.9 cm³/mol. The maximum absolute atomic E-state index is 10.2. The molecule has 0 aromatic heterocycles. The van der Waals surface area contributed by atoms with Gasteiger partial charge in [-0.05, 0) is 24.6 Å². The van der Waals surface area contributed by atoms with E-state index in [0.717, 1.165) is 17.3 Å². The summed E-state index contributed by atoms with van der Waals surface area (Å²) in [5.74, 6) is -1.25. The third kappa shape index (κ3) is 3.08. The van der Waals surface area contributed by atoms with Gasteiger partial charge in [0, 0.05) is 15.7 Å². The molecular formula is C9H7Cl2O2S-. The maximum atomic E-state index is 10.2. The molecule has 5 heteroatoms. The lowest BCUT2D eigenvalue weighted by molar-refractivity contribution is -0.301. The number of carboxylic acid groups (broad SMARTS) is 1. The summed E-state index contributed by atoms with van der Waals surface area (Å²) in [4.78, 5) is 10.9. The predicted octanol–water partition coefficient (Wildman–Crippen LogP) is 2.14. The molecule has 0 saturated heterocycles. The molecule has 14 heavy (non-hydrogen) atoms. The van der Waals surface area contributed by atoms with Gasteiger partial charge in [0.15, 0.2) is 0 Å². The highest BCUT2D eigenvalue weighted by atomic mass is 35.5. The van der Waals surface area contributed by atoms with Gasteiger partial charge in [0.2, 0.25) is 0 Å². The average Bonchev–Trinajstić information content (AvgIpc) is 2.08. The van der Waals surface area contributed by atoms with Crippen LogP contribution in [0.5, 0.6) is 0 Å². The van der Waals surface area contributed by atoms with E-state index in [4.69, 9.17) is 23.2 Å². The number of halogens is 2. The van der Waals surface area contributed by atoms with Crippen molar-refractivity contribution in [3.8, 4) is 0 Å². The summed E-state index contributed by atoms with van der Waals surface area (Å²) in [5, 5.41) is 11.3. The fourth-order valence-corrected chi connectivity index (χ4v) is 2.32. The second-order valence-electron chi connectivity index (χ2n) is 2.70. The lowest BCUT2D eigenvalue weighted by atomic mass is 10.2. The number of aliphatic carboxylic acids is 1. The molecule has 76 valence electrons. The van der Waals surface area contributed by atoms with Crippen molar-refractivity contribution < 1.29 is 9.90 Å². The quantitative estimate of drug-likeness (QED) is 0.771. The van der Waals surface area contributed by atoms with Crippen molar-refractivity contribution in [3.63, 3.8) is 0 Å². The first-order valence-corrected chi connectivity index (χ1v) is 5.53. The molecule has 0 fully saturated rings. The van der Waals surface area contributed by atoms with E-state index in [2.05, 4.69) is 0 Å². The van der Waals surface area contributed by atoms with Crippen LogP contribution in [0.1, 0.15) is 5.56 Å².